The summed E-state index contributed by atoms with van der Waals surface area (Å²) in [5.41, 5.74) is 1.05. The Morgan fingerprint density at radius 2 is 1.23 bits per heavy atom. The van der Waals surface area contributed by atoms with Crippen molar-refractivity contribution in [2.75, 3.05) is 9.80 Å². The van der Waals surface area contributed by atoms with Crippen molar-refractivity contribution in [2.24, 2.45) is 41.4 Å². The predicted octanol–water partition coefficient (Wildman–Crippen LogP) is 2.92. The number of imide groups is 2. The van der Waals surface area contributed by atoms with E-state index in [0.717, 1.165) is 19.3 Å². The molecule has 1 aromatic carbocycles. The molecule has 0 radical (unpaired) electrons. The van der Waals surface area contributed by atoms with Crippen LogP contribution >= 0.6 is 0 Å². The van der Waals surface area contributed by atoms with E-state index in [1.54, 1.807) is 24.3 Å². The number of amides is 4. The molecular formula is C24H24N2O4. The number of nitrogens with zero attached hydrogens (tertiary/aromatic N) is 2. The predicted molar refractivity (Wildman–Crippen MR) is 109 cm³/mol. The zero-order chi connectivity index (χ0) is 20.7. The van der Waals surface area contributed by atoms with Crippen LogP contribution in [0.25, 0.3) is 0 Å². The molecule has 6 rings (SSSR count). The number of hydrogen-bond donors (Lipinski definition) is 0. The van der Waals surface area contributed by atoms with Crippen LogP contribution in [0.2, 0.25) is 0 Å². The van der Waals surface area contributed by atoms with Gasteiger partial charge in [-0.2, -0.15) is 0 Å². The highest BCUT2D eigenvalue weighted by Gasteiger charge is 2.61. The summed E-state index contributed by atoms with van der Waals surface area (Å²) in [5.74, 6) is -0.661. The third-order valence-corrected chi connectivity index (χ3v) is 8.17. The van der Waals surface area contributed by atoms with Crippen LogP contribution in [0.1, 0.15) is 32.6 Å². The van der Waals surface area contributed by atoms with Crippen molar-refractivity contribution in [3.63, 3.8) is 0 Å². The number of benzene rings is 1. The maximum absolute atomic E-state index is 13.0. The Kier molecular flexibility index (Phi) is 3.68. The van der Waals surface area contributed by atoms with Gasteiger partial charge in [0.1, 0.15) is 0 Å². The SMILES string of the molecule is CC1C=CCC2C(=O)N(c3ccc(N4C(=O)C5C6CCC(C6)C5C4=O)cc3)C(=O)C12. The van der Waals surface area contributed by atoms with Crippen molar-refractivity contribution in [3.8, 4) is 0 Å². The number of hydrogen-bond acceptors (Lipinski definition) is 4. The van der Waals surface area contributed by atoms with E-state index in [9.17, 15) is 19.2 Å². The van der Waals surface area contributed by atoms with Crippen LogP contribution in [0.5, 0.6) is 0 Å². The Morgan fingerprint density at radius 1 is 0.733 bits per heavy atom. The number of anilines is 2. The normalized spacial score (nSPS) is 39.3. The van der Waals surface area contributed by atoms with E-state index < -0.39 is 0 Å². The van der Waals surface area contributed by atoms with Gasteiger partial charge in [0.15, 0.2) is 0 Å². The fourth-order valence-corrected chi connectivity index (χ4v) is 6.82. The second kappa shape index (κ2) is 6.13. The summed E-state index contributed by atoms with van der Waals surface area (Å²) in [4.78, 5) is 54.5. The number of carbonyl (C=O) groups is 4. The Hall–Kier alpha value is -2.76. The van der Waals surface area contributed by atoms with Crippen LogP contribution in [0.4, 0.5) is 11.4 Å². The maximum atomic E-state index is 13.0. The number of rotatable bonds is 2. The second-order valence-corrected chi connectivity index (χ2v) is 9.58. The number of allylic oxidation sites excluding steroid dienone is 2. The smallest absolute Gasteiger partial charge is 0.238 e. The molecular weight excluding hydrogens is 380 g/mol. The average Bonchev–Trinajstić information content (AvgIpc) is 3.47. The van der Waals surface area contributed by atoms with Crippen molar-refractivity contribution < 1.29 is 19.2 Å². The van der Waals surface area contributed by atoms with Gasteiger partial charge in [0.2, 0.25) is 23.6 Å². The van der Waals surface area contributed by atoms with Gasteiger partial charge >= 0.3 is 0 Å². The molecule has 4 amide bonds. The monoisotopic (exact) mass is 404 g/mol. The summed E-state index contributed by atoms with van der Waals surface area (Å²) >= 11 is 0. The van der Waals surface area contributed by atoms with Crippen LogP contribution in [-0.4, -0.2) is 23.6 Å². The lowest BCUT2D eigenvalue weighted by Gasteiger charge is -2.22. The van der Waals surface area contributed by atoms with Gasteiger partial charge in [-0.05, 0) is 67.7 Å². The van der Waals surface area contributed by atoms with Gasteiger partial charge < -0.3 is 0 Å². The molecule has 5 aliphatic rings. The van der Waals surface area contributed by atoms with Gasteiger partial charge in [0, 0.05) is 0 Å². The molecule has 6 heteroatoms. The van der Waals surface area contributed by atoms with Gasteiger partial charge in [-0.15, -0.1) is 0 Å². The highest BCUT2D eigenvalue weighted by Crippen LogP contribution is 2.56. The average molecular weight is 404 g/mol. The van der Waals surface area contributed by atoms with Gasteiger partial charge in [-0.1, -0.05) is 19.1 Å². The minimum atomic E-state index is -0.307. The summed E-state index contributed by atoms with van der Waals surface area (Å²) < 4.78 is 0. The summed E-state index contributed by atoms with van der Waals surface area (Å²) in [5, 5.41) is 0. The van der Waals surface area contributed by atoms with Crippen molar-refractivity contribution in [3.05, 3.63) is 36.4 Å². The van der Waals surface area contributed by atoms with Crippen molar-refractivity contribution in [2.45, 2.75) is 32.6 Å². The summed E-state index contributed by atoms with van der Waals surface area (Å²) in [6, 6.07) is 6.75. The lowest BCUT2D eigenvalue weighted by molar-refractivity contribution is -0.124. The summed E-state index contributed by atoms with van der Waals surface area (Å²) in [6.07, 6.45) is 7.69. The molecule has 2 aliphatic heterocycles. The molecule has 3 aliphatic carbocycles. The molecule has 154 valence electrons. The third-order valence-electron chi connectivity index (χ3n) is 8.17. The molecule has 2 heterocycles. The van der Waals surface area contributed by atoms with Gasteiger partial charge in [-0.25, -0.2) is 0 Å². The van der Waals surface area contributed by atoms with Crippen molar-refractivity contribution in [1.82, 2.24) is 0 Å². The Labute approximate surface area is 174 Å². The van der Waals surface area contributed by atoms with E-state index in [4.69, 9.17) is 0 Å². The molecule has 7 atom stereocenters. The molecule has 2 saturated heterocycles. The fraction of sp³-hybridized carbons (Fsp3) is 0.500. The van der Waals surface area contributed by atoms with E-state index in [0.29, 0.717) is 29.6 Å². The van der Waals surface area contributed by atoms with Crippen LogP contribution < -0.4 is 9.80 Å². The molecule has 1 aromatic rings. The summed E-state index contributed by atoms with van der Waals surface area (Å²) in [6.45, 7) is 1.97. The first-order chi connectivity index (χ1) is 14.5. The number of carbonyl (C=O) groups excluding carboxylic acids is 4. The van der Waals surface area contributed by atoms with Crippen LogP contribution in [0, 0.1) is 41.4 Å². The zero-order valence-electron chi connectivity index (χ0n) is 16.9. The van der Waals surface area contributed by atoms with Gasteiger partial charge in [-0.3, -0.25) is 29.0 Å². The zero-order valence-corrected chi connectivity index (χ0v) is 16.9. The quantitative estimate of drug-likeness (QED) is 0.561. The van der Waals surface area contributed by atoms with Crippen LogP contribution in [-0.2, 0) is 19.2 Å². The van der Waals surface area contributed by atoms with E-state index in [2.05, 4.69) is 0 Å². The molecule has 0 spiro atoms. The molecule has 0 aromatic heterocycles. The summed E-state index contributed by atoms with van der Waals surface area (Å²) in [7, 11) is 0. The largest absolute Gasteiger partial charge is 0.274 e. The molecule has 2 bridgehead atoms. The standard InChI is InChI=1S/C24H24N2O4/c1-12-3-2-4-17-18(12)22(28)25(21(17)27)15-7-9-16(10-8-15)26-23(29)19-13-5-6-14(11-13)20(19)24(26)30/h2-3,7-10,12-14,17-20H,4-6,11H2,1H3. The van der Waals surface area contributed by atoms with Crippen molar-refractivity contribution in [1.29, 1.82) is 0 Å². The molecule has 0 N–H and O–H groups in total. The van der Waals surface area contributed by atoms with E-state index in [1.807, 2.05) is 19.1 Å². The molecule has 2 saturated carbocycles. The molecule has 7 unspecified atom stereocenters. The Balaban J connectivity index is 1.28. The van der Waals surface area contributed by atoms with E-state index >= 15 is 0 Å². The van der Waals surface area contributed by atoms with Gasteiger partial charge in [0.05, 0.1) is 35.0 Å². The molecule has 4 fully saturated rings. The van der Waals surface area contributed by atoms with E-state index in [-0.39, 0.29) is 53.2 Å². The second-order valence-electron chi connectivity index (χ2n) is 9.58. The van der Waals surface area contributed by atoms with Gasteiger partial charge in [0.25, 0.3) is 0 Å². The van der Waals surface area contributed by atoms with Crippen LogP contribution in [0.15, 0.2) is 36.4 Å². The highest BCUT2D eigenvalue weighted by molar-refractivity contribution is 6.24. The Morgan fingerprint density at radius 3 is 1.77 bits per heavy atom. The first-order valence-corrected chi connectivity index (χ1v) is 11.0. The third kappa shape index (κ3) is 2.19. The molecule has 6 nitrogen and oxygen atoms in total. The maximum Gasteiger partial charge on any atom is 0.238 e. The number of fused-ring (bicyclic) bond motifs is 6. The minimum absolute atomic E-state index is 0.0408. The van der Waals surface area contributed by atoms with E-state index in [1.165, 1.54) is 9.80 Å². The highest BCUT2D eigenvalue weighted by atomic mass is 16.2. The topological polar surface area (TPSA) is 74.8 Å². The lowest BCUT2D eigenvalue weighted by Crippen LogP contribution is -2.33. The first-order valence-electron chi connectivity index (χ1n) is 11.0. The van der Waals surface area contributed by atoms with Crippen LogP contribution in [0.3, 0.4) is 0 Å². The Bertz CT molecular complexity index is 964. The lowest BCUT2D eigenvalue weighted by atomic mass is 9.78. The minimum Gasteiger partial charge on any atom is -0.274 e. The first kappa shape index (κ1) is 18.0. The molecule has 30 heavy (non-hydrogen) atoms. The van der Waals surface area contributed by atoms with Crippen molar-refractivity contribution >= 4 is 35.0 Å². The fourth-order valence-electron chi connectivity index (χ4n) is 6.82.